The van der Waals surface area contributed by atoms with Gasteiger partial charge in [-0.25, -0.2) is 13.4 Å². The number of thiazole rings is 1. The quantitative estimate of drug-likeness (QED) is 0.359. The fraction of sp³-hybridized carbons (Fsp3) is 0.500. The molecule has 0 saturated carbocycles. The molecule has 1 fully saturated rings. The molecule has 0 unspecified atom stereocenters. The molecule has 38 heavy (non-hydrogen) atoms. The largest absolute Gasteiger partial charge is 0.497 e. The Bertz CT molecular complexity index is 1320. The molecule has 0 spiro atoms. The van der Waals surface area contributed by atoms with E-state index in [1.54, 1.807) is 42.7 Å². The summed E-state index contributed by atoms with van der Waals surface area (Å²) in [6.07, 6.45) is 0.970. The highest BCUT2D eigenvalue weighted by Crippen LogP contribution is 2.35. The lowest BCUT2D eigenvalue weighted by Gasteiger charge is -2.33. The van der Waals surface area contributed by atoms with Gasteiger partial charge in [0.1, 0.15) is 5.75 Å². The molecule has 4 rings (SSSR count). The number of anilines is 1. The van der Waals surface area contributed by atoms with E-state index >= 15 is 0 Å². The molecule has 2 heterocycles. The Balaban J connectivity index is 1.53. The summed E-state index contributed by atoms with van der Waals surface area (Å²) in [5.74, 6) is 0.398. The summed E-state index contributed by atoms with van der Waals surface area (Å²) in [6.45, 7) is 12.1. The molecule has 206 valence electrons. The number of methoxy groups -OCH3 is 1. The molecule has 0 aliphatic carbocycles. The van der Waals surface area contributed by atoms with Gasteiger partial charge in [0.2, 0.25) is 15.9 Å². The molecule has 1 aliphatic heterocycles. The molecule has 0 atom stereocenters. The van der Waals surface area contributed by atoms with Gasteiger partial charge in [0.15, 0.2) is 5.13 Å². The summed E-state index contributed by atoms with van der Waals surface area (Å²) in [5.41, 5.74) is 3.20. The Labute approximate surface area is 230 Å². The summed E-state index contributed by atoms with van der Waals surface area (Å²) in [5, 5.41) is 0.725. The van der Waals surface area contributed by atoms with Crippen LogP contribution in [0.4, 0.5) is 5.13 Å². The molecule has 10 heteroatoms. The number of aromatic nitrogens is 1. The van der Waals surface area contributed by atoms with Crippen molar-refractivity contribution in [1.29, 1.82) is 0 Å². The Morgan fingerprint density at radius 1 is 1.03 bits per heavy atom. The van der Waals surface area contributed by atoms with E-state index in [0.29, 0.717) is 38.2 Å². The van der Waals surface area contributed by atoms with E-state index in [1.165, 1.54) is 4.31 Å². The predicted molar refractivity (Wildman–Crippen MR) is 154 cm³/mol. The summed E-state index contributed by atoms with van der Waals surface area (Å²) in [7, 11) is -2.08. The van der Waals surface area contributed by atoms with Crippen LogP contribution in [0, 0.1) is 19.8 Å². The number of nitrogens with zero attached hydrogens (tertiary/aromatic N) is 4. The van der Waals surface area contributed by atoms with Crippen LogP contribution in [0.1, 0.15) is 37.8 Å². The van der Waals surface area contributed by atoms with Crippen LogP contribution in [0.3, 0.4) is 0 Å². The van der Waals surface area contributed by atoms with Crippen LogP contribution in [-0.2, 0) is 14.8 Å². The number of sulfonamides is 1. The van der Waals surface area contributed by atoms with Crippen molar-refractivity contribution in [3.8, 4) is 5.75 Å². The minimum atomic E-state index is -3.63. The molecule has 1 aliphatic rings. The molecule has 0 bridgehead atoms. The monoisotopic (exact) mass is 558 g/mol. The number of benzene rings is 2. The zero-order valence-corrected chi connectivity index (χ0v) is 24.6. The number of carbonyl (C=O) groups excluding carboxylic acids is 1. The Morgan fingerprint density at radius 2 is 1.66 bits per heavy atom. The first-order chi connectivity index (χ1) is 18.2. The van der Waals surface area contributed by atoms with Crippen molar-refractivity contribution in [2.45, 2.75) is 45.4 Å². The van der Waals surface area contributed by atoms with Crippen LogP contribution < -0.4 is 9.64 Å². The molecule has 2 aromatic carbocycles. The minimum Gasteiger partial charge on any atom is -0.497 e. The SMILES string of the molecule is CCN(CC)CCN(C(=O)C1CCN(S(=O)(=O)c2ccc(OC)cc2)CC1)c1nc2c(C)ccc(C)c2s1. The fourth-order valence-electron chi connectivity index (χ4n) is 4.91. The van der Waals surface area contributed by atoms with Crippen molar-refractivity contribution in [2.75, 3.05) is 51.3 Å². The first-order valence-corrected chi connectivity index (χ1v) is 15.5. The fourth-order valence-corrected chi connectivity index (χ4v) is 7.52. The van der Waals surface area contributed by atoms with Crippen molar-refractivity contribution in [2.24, 2.45) is 5.92 Å². The van der Waals surface area contributed by atoms with E-state index < -0.39 is 10.0 Å². The van der Waals surface area contributed by atoms with Crippen molar-refractivity contribution in [3.05, 3.63) is 47.5 Å². The molecule has 1 aromatic heterocycles. The predicted octanol–water partition coefficient (Wildman–Crippen LogP) is 4.70. The number of ether oxygens (including phenoxy) is 1. The number of rotatable bonds is 10. The van der Waals surface area contributed by atoms with Gasteiger partial charge < -0.3 is 9.64 Å². The number of hydrogen-bond acceptors (Lipinski definition) is 7. The van der Waals surface area contributed by atoms with Crippen LogP contribution in [0.25, 0.3) is 10.2 Å². The molecule has 8 nitrogen and oxygen atoms in total. The van der Waals surface area contributed by atoms with E-state index in [1.807, 2.05) is 11.8 Å². The summed E-state index contributed by atoms with van der Waals surface area (Å²) in [4.78, 5) is 23.2. The average molecular weight is 559 g/mol. The zero-order chi connectivity index (χ0) is 27.4. The second-order valence-corrected chi connectivity index (χ2v) is 12.7. The van der Waals surface area contributed by atoms with Crippen molar-refractivity contribution in [1.82, 2.24) is 14.2 Å². The standard InChI is InChI=1S/C28H38N4O4S2/c1-6-30(7-2)18-19-32(28-29-25-20(3)8-9-21(4)26(25)37-28)27(33)22-14-16-31(17-15-22)38(34,35)24-12-10-23(36-5)11-13-24/h8-13,22H,6-7,14-19H2,1-5H3. The number of aryl methyl sites for hydroxylation is 2. The lowest BCUT2D eigenvalue weighted by molar-refractivity contribution is -0.123. The maximum Gasteiger partial charge on any atom is 0.243 e. The maximum atomic E-state index is 13.9. The van der Waals surface area contributed by atoms with E-state index in [9.17, 15) is 13.2 Å². The topological polar surface area (TPSA) is 83.0 Å². The van der Waals surface area contributed by atoms with Crippen LogP contribution in [0.15, 0.2) is 41.3 Å². The molecular weight excluding hydrogens is 520 g/mol. The maximum absolute atomic E-state index is 13.9. The van der Waals surface area contributed by atoms with Gasteiger partial charge in [-0.05, 0) is 75.2 Å². The van der Waals surface area contributed by atoms with Gasteiger partial charge in [0, 0.05) is 32.1 Å². The van der Waals surface area contributed by atoms with Gasteiger partial charge >= 0.3 is 0 Å². The lowest BCUT2D eigenvalue weighted by Crippen LogP contribution is -2.46. The third-order valence-electron chi connectivity index (χ3n) is 7.46. The highest BCUT2D eigenvalue weighted by atomic mass is 32.2. The first kappa shape index (κ1) is 28.5. The van der Waals surface area contributed by atoms with Crippen molar-refractivity contribution in [3.63, 3.8) is 0 Å². The Hall–Kier alpha value is -2.53. The molecular formula is C28H38N4O4S2. The van der Waals surface area contributed by atoms with Gasteiger partial charge in [-0.3, -0.25) is 9.69 Å². The van der Waals surface area contributed by atoms with Crippen molar-refractivity contribution >= 4 is 42.6 Å². The third kappa shape index (κ3) is 5.88. The summed E-state index contributed by atoms with van der Waals surface area (Å²) in [6, 6.07) is 10.6. The van der Waals surface area contributed by atoms with Crippen LogP contribution in [0.2, 0.25) is 0 Å². The van der Waals surface area contributed by atoms with Gasteiger partial charge in [-0.15, -0.1) is 0 Å². The van der Waals surface area contributed by atoms with Gasteiger partial charge in [-0.2, -0.15) is 4.31 Å². The Morgan fingerprint density at radius 3 is 2.24 bits per heavy atom. The van der Waals surface area contributed by atoms with Gasteiger partial charge in [0.05, 0.1) is 22.2 Å². The molecule has 0 N–H and O–H groups in total. The second kappa shape index (κ2) is 12.1. The number of fused-ring (bicyclic) bond motifs is 1. The number of carbonyl (C=O) groups is 1. The van der Waals surface area contributed by atoms with E-state index in [2.05, 4.69) is 37.8 Å². The highest BCUT2D eigenvalue weighted by Gasteiger charge is 2.35. The molecule has 1 saturated heterocycles. The first-order valence-electron chi connectivity index (χ1n) is 13.2. The number of hydrogen-bond donors (Lipinski definition) is 0. The average Bonchev–Trinajstić information content (AvgIpc) is 3.39. The number of amides is 1. The smallest absolute Gasteiger partial charge is 0.243 e. The molecule has 3 aromatic rings. The van der Waals surface area contributed by atoms with E-state index in [4.69, 9.17) is 9.72 Å². The van der Waals surface area contributed by atoms with Crippen LogP contribution >= 0.6 is 11.3 Å². The lowest BCUT2D eigenvalue weighted by atomic mass is 9.96. The highest BCUT2D eigenvalue weighted by molar-refractivity contribution is 7.89. The van der Waals surface area contributed by atoms with E-state index in [-0.39, 0.29) is 16.7 Å². The Kier molecular flexibility index (Phi) is 9.07. The second-order valence-electron chi connectivity index (χ2n) is 9.74. The van der Waals surface area contributed by atoms with Crippen molar-refractivity contribution < 1.29 is 17.9 Å². The summed E-state index contributed by atoms with van der Waals surface area (Å²) >= 11 is 1.57. The van der Waals surface area contributed by atoms with Gasteiger partial charge in [0.25, 0.3) is 0 Å². The number of likely N-dealkylation sites (N-methyl/N-ethyl adjacent to an activating group) is 1. The van der Waals surface area contributed by atoms with Crippen LogP contribution in [0.5, 0.6) is 5.75 Å². The third-order valence-corrected chi connectivity index (χ3v) is 10.6. The number of piperidine rings is 1. The van der Waals surface area contributed by atoms with Gasteiger partial charge in [-0.1, -0.05) is 37.3 Å². The van der Waals surface area contributed by atoms with Crippen LogP contribution in [-0.4, -0.2) is 74.9 Å². The summed E-state index contributed by atoms with van der Waals surface area (Å²) < 4.78 is 34.2. The minimum absolute atomic E-state index is 0.0352. The normalized spacial score (nSPS) is 15.3. The zero-order valence-electron chi connectivity index (χ0n) is 22.9. The molecule has 1 amide bonds. The molecule has 0 radical (unpaired) electrons. The van der Waals surface area contributed by atoms with E-state index in [0.717, 1.165) is 46.1 Å².